The molecule has 0 radical (unpaired) electrons. The number of hydrogen-bond donors (Lipinski definition) is 2. The van der Waals surface area contributed by atoms with Gasteiger partial charge in [0, 0.05) is 11.1 Å². The second-order valence-electron chi connectivity index (χ2n) is 4.62. The monoisotopic (exact) mass is 329 g/mol. The summed E-state index contributed by atoms with van der Waals surface area (Å²) >= 11 is 3.28. The topological polar surface area (TPSA) is 58.6 Å². The van der Waals surface area contributed by atoms with Crippen LogP contribution in [0.1, 0.15) is 31.1 Å². The Hall–Kier alpha value is -1.07. The zero-order valence-corrected chi connectivity index (χ0v) is 13.0. The van der Waals surface area contributed by atoms with E-state index in [-0.39, 0.29) is 11.6 Å². The number of ether oxygens (including phenoxy) is 1. The minimum atomic E-state index is -0.950. The van der Waals surface area contributed by atoms with E-state index in [2.05, 4.69) is 35.1 Å². The zero-order valence-electron chi connectivity index (χ0n) is 11.4. The van der Waals surface area contributed by atoms with Gasteiger partial charge in [-0.05, 0) is 40.9 Å². The molecule has 0 saturated heterocycles. The van der Waals surface area contributed by atoms with E-state index < -0.39 is 5.97 Å². The molecule has 4 nitrogen and oxygen atoms in total. The number of rotatable bonds is 7. The lowest BCUT2D eigenvalue weighted by Crippen LogP contribution is -2.31. The van der Waals surface area contributed by atoms with E-state index in [4.69, 9.17) is 4.74 Å². The first-order valence-corrected chi connectivity index (χ1v) is 7.12. The van der Waals surface area contributed by atoms with Crippen LogP contribution in [-0.4, -0.2) is 30.3 Å². The van der Waals surface area contributed by atoms with E-state index >= 15 is 0 Å². The Bertz CT molecular complexity index is 435. The Morgan fingerprint density at radius 1 is 1.47 bits per heavy atom. The molecule has 1 unspecified atom stereocenters. The fourth-order valence-electron chi connectivity index (χ4n) is 1.71. The molecule has 5 heteroatoms. The van der Waals surface area contributed by atoms with Crippen LogP contribution >= 0.6 is 15.9 Å². The normalized spacial score (nSPS) is 12.5. The van der Waals surface area contributed by atoms with Crippen LogP contribution < -0.4 is 5.32 Å². The number of benzene rings is 1. The largest absolute Gasteiger partial charge is 0.478 e. The Morgan fingerprint density at radius 3 is 2.68 bits per heavy atom. The molecule has 0 aliphatic heterocycles. The molecule has 0 aliphatic carbocycles. The number of carboxylic acids is 1. The van der Waals surface area contributed by atoms with Crippen LogP contribution in [0.25, 0.3) is 0 Å². The minimum absolute atomic E-state index is 0.0762. The summed E-state index contributed by atoms with van der Waals surface area (Å²) < 4.78 is 6.01. The summed E-state index contributed by atoms with van der Waals surface area (Å²) in [6.45, 7) is 7.30. The molecule has 1 aromatic carbocycles. The minimum Gasteiger partial charge on any atom is -0.478 e. The molecule has 0 aromatic heterocycles. The maximum Gasteiger partial charge on any atom is 0.338 e. The number of nitrogens with one attached hydrogen (secondary N) is 1. The van der Waals surface area contributed by atoms with Gasteiger partial charge in [-0.3, -0.25) is 0 Å². The average molecular weight is 330 g/mol. The number of halogens is 1. The highest BCUT2D eigenvalue weighted by atomic mass is 79.9. The van der Waals surface area contributed by atoms with Crippen LogP contribution in [0.5, 0.6) is 0 Å². The van der Waals surface area contributed by atoms with Crippen LogP contribution in [0.2, 0.25) is 0 Å². The SMILES string of the molecule is CCOCC(Nc1cccc(Br)c1C(=O)O)C(C)C. The Morgan fingerprint density at radius 2 is 2.16 bits per heavy atom. The van der Waals surface area contributed by atoms with Crippen LogP contribution in [0.15, 0.2) is 22.7 Å². The maximum atomic E-state index is 11.3. The van der Waals surface area contributed by atoms with E-state index in [0.717, 1.165) is 0 Å². The molecule has 1 rings (SSSR count). The molecular formula is C14H20BrNO3. The van der Waals surface area contributed by atoms with Crippen molar-refractivity contribution in [2.45, 2.75) is 26.8 Å². The molecule has 19 heavy (non-hydrogen) atoms. The summed E-state index contributed by atoms with van der Waals surface area (Å²) in [5, 5.41) is 12.5. The van der Waals surface area contributed by atoms with Crippen molar-refractivity contribution in [1.29, 1.82) is 0 Å². The molecule has 1 aromatic rings. The van der Waals surface area contributed by atoms with Gasteiger partial charge in [0.15, 0.2) is 0 Å². The molecule has 0 fully saturated rings. The quantitative estimate of drug-likeness (QED) is 0.802. The lowest BCUT2D eigenvalue weighted by atomic mass is 10.0. The molecule has 106 valence electrons. The Labute approximate surface area is 122 Å². The van der Waals surface area contributed by atoms with Crippen LogP contribution in [-0.2, 0) is 4.74 Å². The summed E-state index contributed by atoms with van der Waals surface area (Å²) in [6, 6.07) is 5.39. The maximum absolute atomic E-state index is 11.3. The van der Waals surface area contributed by atoms with Crippen molar-refractivity contribution in [1.82, 2.24) is 0 Å². The van der Waals surface area contributed by atoms with E-state index in [1.807, 2.05) is 13.0 Å². The first-order valence-electron chi connectivity index (χ1n) is 6.33. The molecule has 2 N–H and O–H groups in total. The van der Waals surface area contributed by atoms with Crippen LogP contribution in [0, 0.1) is 5.92 Å². The second kappa shape index (κ2) is 7.50. The Balaban J connectivity index is 2.96. The first kappa shape index (κ1) is 16.0. The number of anilines is 1. The summed E-state index contributed by atoms with van der Waals surface area (Å²) in [7, 11) is 0. The van der Waals surface area contributed by atoms with Crippen molar-refractivity contribution in [3.63, 3.8) is 0 Å². The van der Waals surface area contributed by atoms with E-state index in [1.54, 1.807) is 12.1 Å². The lowest BCUT2D eigenvalue weighted by Gasteiger charge is -2.24. The number of hydrogen-bond acceptors (Lipinski definition) is 3. The molecule has 0 saturated carbocycles. The van der Waals surface area contributed by atoms with E-state index in [1.165, 1.54) is 0 Å². The standard InChI is InChI=1S/C14H20BrNO3/c1-4-19-8-12(9(2)3)16-11-7-5-6-10(15)13(11)14(17)18/h5-7,9,12,16H,4,8H2,1-3H3,(H,17,18). The van der Waals surface area contributed by atoms with Gasteiger partial charge in [-0.15, -0.1) is 0 Å². The van der Waals surface area contributed by atoms with Gasteiger partial charge in [0.25, 0.3) is 0 Å². The third-order valence-corrected chi connectivity index (χ3v) is 3.54. The number of aromatic carboxylic acids is 1. The fourth-order valence-corrected chi connectivity index (χ4v) is 2.24. The predicted octanol–water partition coefficient (Wildman–Crippen LogP) is 3.62. The van der Waals surface area contributed by atoms with Gasteiger partial charge < -0.3 is 15.2 Å². The summed E-state index contributed by atoms with van der Waals surface area (Å²) in [6.07, 6.45) is 0. The van der Waals surface area contributed by atoms with Crippen molar-refractivity contribution in [3.8, 4) is 0 Å². The molecule has 0 bridgehead atoms. The smallest absolute Gasteiger partial charge is 0.338 e. The van der Waals surface area contributed by atoms with Crippen molar-refractivity contribution in [2.24, 2.45) is 5.92 Å². The van der Waals surface area contributed by atoms with Crippen LogP contribution in [0.3, 0.4) is 0 Å². The van der Waals surface area contributed by atoms with Gasteiger partial charge in [-0.2, -0.15) is 0 Å². The highest BCUT2D eigenvalue weighted by Gasteiger charge is 2.19. The Kier molecular flexibility index (Phi) is 6.31. The van der Waals surface area contributed by atoms with Crippen LogP contribution in [0.4, 0.5) is 5.69 Å². The van der Waals surface area contributed by atoms with Crippen molar-refractivity contribution < 1.29 is 14.6 Å². The zero-order chi connectivity index (χ0) is 14.4. The summed E-state index contributed by atoms with van der Waals surface area (Å²) in [4.78, 5) is 11.3. The molecule has 0 heterocycles. The van der Waals surface area contributed by atoms with Gasteiger partial charge in [-0.25, -0.2) is 4.79 Å². The van der Waals surface area contributed by atoms with Gasteiger partial charge in [0.05, 0.1) is 23.9 Å². The van der Waals surface area contributed by atoms with Gasteiger partial charge in [0.1, 0.15) is 0 Å². The van der Waals surface area contributed by atoms with E-state index in [9.17, 15) is 9.90 Å². The number of carboxylic acid groups (broad SMARTS) is 1. The molecule has 1 atom stereocenters. The molecule has 0 aliphatic rings. The van der Waals surface area contributed by atoms with Crippen molar-refractivity contribution in [3.05, 3.63) is 28.2 Å². The first-order chi connectivity index (χ1) is 8.97. The van der Waals surface area contributed by atoms with Crippen molar-refractivity contribution >= 4 is 27.6 Å². The molecule has 0 spiro atoms. The highest BCUT2D eigenvalue weighted by molar-refractivity contribution is 9.10. The third kappa shape index (κ3) is 4.51. The van der Waals surface area contributed by atoms with Gasteiger partial charge in [0.2, 0.25) is 0 Å². The molecular weight excluding hydrogens is 310 g/mol. The van der Waals surface area contributed by atoms with Gasteiger partial charge in [-0.1, -0.05) is 19.9 Å². The summed E-state index contributed by atoms with van der Waals surface area (Å²) in [5.41, 5.74) is 0.866. The number of carbonyl (C=O) groups is 1. The fraction of sp³-hybridized carbons (Fsp3) is 0.500. The van der Waals surface area contributed by atoms with Gasteiger partial charge >= 0.3 is 5.97 Å². The summed E-state index contributed by atoms with van der Waals surface area (Å²) in [5.74, 6) is -0.610. The lowest BCUT2D eigenvalue weighted by molar-refractivity contribution is 0.0696. The second-order valence-corrected chi connectivity index (χ2v) is 5.48. The third-order valence-electron chi connectivity index (χ3n) is 2.87. The van der Waals surface area contributed by atoms with E-state index in [0.29, 0.717) is 29.3 Å². The predicted molar refractivity (Wildman–Crippen MR) is 79.8 cm³/mol. The molecule has 0 amide bonds. The van der Waals surface area contributed by atoms with Crippen molar-refractivity contribution in [2.75, 3.05) is 18.5 Å². The average Bonchev–Trinajstić information content (AvgIpc) is 2.33. The highest BCUT2D eigenvalue weighted by Crippen LogP contribution is 2.26.